The van der Waals surface area contributed by atoms with Gasteiger partial charge in [-0.1, -0.05) is 30.3 Å². The first-order valence-corrected chi connectivity index (χ1v) is 6.40. The zero-order valence-corrected chi connectivity index (χ0v) is 11.1. The van der Waals surface area contributed by atoms with Gasteiger partial charge in [-0.25, -0.2) is 0 Å². The topological polar surface area (TPSA) is 63.2 Å². The average Bonchev–Trinajstić information content (AvgIpc) is 2.54. The molecule has 3 aromatic rings. The molecule has 4 heteroatoms. The third-order valence-corrected chi connectivity index (χ3v) is 3.13. The highest BCUT2D eigenvalue weighted by Crippen LogP contribution is 2.22. The zero-order valence-electron chi connectivity index (χ0n) is 11.1. The molecule has 0 aliphatic rings. The first kappa shape index (κ1) is 12.9. The molecule has 1 aromatic heterocycles. The summed E-state index contributed by atoms with van der Waals surface area (Å²) in [5, 5.41) is 8.99. The zero-order chi connectivity index (χ0) is 14.7. The van der Waals surface area contributed by atoms with Gasteiger partial charge in [-0.05, 0) is 17.7 Å². The van der Waals surface area contributed by atoms with Crippen LogP contribution in [0.4, 0.5) is 0 Å². The van der Waals surface area contributed by atoms with Crippen LogP contribution < -0.4 is 10.2 Å². The Labute approximate surface area is 120 Å². The second kappa shape index (κ2) is 5.51. The minimum absolute atomic E-state index is 0.0438. The minimum atomic E-state index is -0.0886. The molecule has 0 bridgehead atoms. The number of hydrogen-bond acceptors (Lipinski definition) is 4. The van der Waals surface area contributed by atoms with E-state index in [4.69, 9.17) is 14.4 Å². The fourth-order valence-electron chi connectivity index (χ4n) is 2.13. The van der Waals surface area contributed by atoms with E-state index in [0.29, 0.717) is 22.3 Å². The molecule has 0 spiro atoms. The van der Waals surface area contributed by atoms with E-state index in [0.717, 1.165) is 5.56 Å². The van der Waals surface area contributed by atoms with Crippen molar-refractivity contribution < 1.29 is 9.15 Å². The normalized spacial score (nSPS) is 10.2. The molecule has 2 aromatic carbocycles. The van der Waals surface area contributed by atoms with Gasteiger partial charge in [0, 0.05) is 6.07 Å². The van der Waals surface area contributed by atoms with Crippen molar-refractivity contribution in [3.63, 3.8) is 0 Å². The fourth-order valence-corrected chi connectivity index (χ4v) is 2.13. The summed E-state index contributed by atoms with van der Waals surface area (Å²) in [5.74, 6) is 0.500. The molecular formula is C17H11NO3. The van der Waals surface area contributed by atoms with Crippen LogP contribution in [0.25, 0.3) is 22.1 Å². The maximum absolute atomic E-state index is 12.5. The smallest absolute Gasteiger partial charge is 0.200 e. The summed E-state index contributed by atoms with van der Waals surface area (Å²) < 4.78 is 10.7. The number of fused-ring (bicyclic) bond motifs is 1. The fraction of sp³-hybridized carbons (Fsp3) is 0.0588. The number of benzene rings is 2. The number of nitriles is 1. The Hall–Kier alpha value is -3.06. The Balaban J connectivity index is 2.10. The summed E-state index contributed by atoms with van der Waals surface area (Å²) in [7, 11) is 0. The quantitative estimate of drug-likeness (QED) is 0.736. The van der Waals surface area contributed by atoms with Gasteiger partial charge >= 0.3 is 0 Å². The minimum Gasteiger partial charge on any atom is -0.479 e. The molecule has 0 atom stereocenters. The number of hydrogen-bond donors (Lipinski definition) is 0. The van der Waals surface area contributed by atoms with E-state index in [-0.39, 0.29) is 12.0 Å². The van der Waals surface area contributed by atoms with Crippen LogP contribution in [0.1, 0.15) is 0 Å². The molecular weight excluding hydrogens is 266 g/mol. The second-order valence-corrected chi connectivity index (χ2v) is 4.45. The van der Waals surface area contributed by atoms with E-state index < -0.39 is 0 Å². The summed E-state index contributed by atoms with van der Waals surface area (Å²) >= 11 is 0. The number of rotatable bonds is 3. The van der Waals surface area contributed by atoms with Gasteiger partial charge in [0.05, 0.1) is 10.9 Å². The van der Waals surface area contributed by atoms with Crippen LogP contribution in [-0.4, -0.2) is 6.61 Å². The van der Waals surface area contributed by atoms with Crippen molar-refractivity contribution in [2.75, 3.05) is 6.61 Å². The third-order valence-electron chi connectivity index (χ3n) is 3.13. The summed E-state index contributed by atoms with van der Waals surface area (Å²) in [5.41, 5.74) is 1.69. The molecule has 21 heavy (non-hydrogen) atoms. The molecule has 0 saturated carbocycles. The molecule has 0 unspecified atom stereocenters. The predicted octanol–water partition coefficient (Wildman–Crippen LogP) is 3.36. The molecule has 3 rings (SSSR count). The Morgan fingerprint density at radius 2 is 1.95 bits per heavy atom. The number of ether oxygens (including phenoxy) is 1. The van der Waals surface area contributed by atoms with E-state index >= 15 is 0 Å². The van der Waals surface area contributed by atoms with Crippen LogP contribution >= 0.6 is 0 Å². The molecule has 0 aliphatic heterocycles. The van der Waals surface area contributed by atoms with E-state index in [9.17, 15) is 4.79 Å². The molecule has 0 aliphatic carbocycles. The van der Waals surface area contributed by atoms with Crippen molar-refractivity contribution in [2.24, 2.45) is 0 Å². The molecule has 102 valence electrons. The molecule has 0 fully saturated rings. The highest BCUT2D eigenvalue weighted by Gasteiger charge is 2.09. The standard InChI is InChI=1S/C17H11NO3/c18-8-9-20-13-6-7-14-16(10-13)21-11-15(17(14)19)12-4-2-1-3-5-12/h1-7,10-11H,9H2. The lowest BCUT2D eigenvalue weighted by Gasteiger charge is -2.05. The first-order chi connectivity index (χ1) is 10.3. The van der Waals surface area contributed by atoms with Crippen LogP contribution in [0.2, 0.25) is 0 Å². The van der Waals surface area contributed by atoms with Crippen molar-refractivity contribution in [2.45, 2.75) is 0 Å². The molecule has 1 heterocycles. The SMILES string of the molecule is N#CCOc1ccc2c(=O)c(-c3ccccc3)coc2c1. The van der Waals surface area contributed by atoms with E-state index in [1.807, 2.05) is 36.4 Å². The van der Waals surface area contributed by atoms with Gasteiger partial charge in [0.25, 0.3) is 0 Å². The summed E-state index contributed by atoms with van der Waals surface area (Å²) in [6.07, 6.45) is 1.45. The summed E-state index contributed by atoms with van der Waals surface area (Å²) in [6, 6.07) is 16.2. The lowest BCUT2D eigenvalue weighted by Crippen LogP contribution is -2.05. The van der Waals surface area contributed by atoms with E-state index in [2.05, 4.69) is 0 Å². The van der Waals surface area contributed by atoms with Crippen LogP contribution in [0.3, 0.4) is 0 Å². The molecule has 0 amide bonds. The van der Waals surface area contributed by atoms with Gasteiger partial charge in [0.2, 0.25) is 0 Å². The van der Waals surface area contributed by atoms with Crippen LogP contribution in [0.15, 0.2) is 64.0 Å². The summed E-state index contributed by atoms with van der Waals surface area (Å²) in [6.45, 7) is -0.0438. The van der Waals surface area contributed by atoms with Gasteiger partial charge in [0.1, 0.15) is 23.7 Å². The van der Waals surface area contributed by atoms with Crippen molar-refractivity contribution in [3.8, 4) is 22.9 Å². The third kappa shape index (κ3) is 2.49. The van der Waals surface area contributed by atoms with Crippen LogP contribution in [0, 0.1) is 11.3 Å². The van der Waals surface area contributed by atoms with Crippen LogP contribution in [-0.2, 0) is 0 Å². The maximum Gasteiger partial charge on any atom is 0.200 e. The Morgan fingerprint density at radius 1 is 1.14 bits per heavy atom. The first-order valence-electron chi connectivity index (χ1n) is 6.40. The highest BCUT2D eigenvalue weighted by atomic mass is 16.5. The van der Waals surface area contributed by atoms with Crippen molar-refractivity contribution in [1.82, 2.24) is 0 Å². The lowest BCUT2D eigenvalue weighted by molar-refractivity contribution is 0.368. The number of nitrogens with zero attached hydrogens (tertiary/aromatic N) is 1. The highest BCUT2D eigenvalue weighted by molar-refractivity contribution is 5.82. The van der Waals surface area contributed by atoms with Crippen LogP contribution in [0.5, 0.6) is 5.75 Å². The maximum atomic E-state index is 12.5. The van der Waals surface area contributed by atoms with Gasteiger partial charge in [-0.15, -0.1) is 0 Å². The monoisotopic (exact) mass is 277 g/mol. The molecule has 0 saturated heterocycles. The largest absolute Gasteiger partial charge is 0.479 e. The predicted molar refractivity (Wildman–Crippen MR) is 79.0 cm³/mol. The molecule has 0 N–H and O–H groups in total. The van der Waals surface area contributed by atoms with E-state index in [1.165, 1.54) is 6.26 Å². The van der Waals surface area contributed by atoms with Gasteiger partial charge in [-0.2, -0.15) is 5.26 Å². The van der Waals surface area contributed by atoms with Gasteiger partial charge < -0.3 is 9.15 Å². The van der Waals surface area contributed by atoms with Crippen molar-refractivity contribution in [1.29, 1.82) is 5.26 Å². The Kier molecular flexibility index (Phi) is 3.40. The van der Waals surface area contributed by atoms with Crippen molar-refractivity contribution in [3.05, 3.63) is 65.0 Å². The Morgan fingerprint density at radius 3 is 2.71 bits per heavy atom. The van der Waals surface area contributed by atoms with Gasteiger partial charge in [-0.3, -0.25) is 4.79 Å². The lowest BCUT2D eigenvalue weighted by atomic mass is 10.1. The molecule has 4 nitrogen and oxygen atoms in total. The van der Waals surface area contributed by atoms with Crippen molar-refractivity contribution >= 4 is 11.0 Å². The average molecular weight is 277 g/mol. The second-order valence-electron chi connectivity index (χ2n) is 4.45. The van der Waals surface area contributed by atoms with E-state index in [1.54, 1.807) is 18.2 Å². The van der Waals surface area contributed by atoms with Gasteiger partial charge in [0.15, 0.2) is 12.0 Å². The summed E-state index contributed by atoms with van der Waals surface area (Å²) in [4.78, 5) is 12.5. The Bertz CT molecular complexity index is 876. The molecule has 0 radical (unpaired) electrons.